The average Bonchev–Trinajstić information content (AvgIpc) is 3.09. The zero-order valence-corrected chi connectivity index (χ0v) is 14.8. The van der Waals surface area contributed by atoms with E-state index in [1.165, 1.54) is 12.1 Å². The van der Waals surface area contributed by atoms with Crippen LogP contribution in [0.3, 0.4) is 0 Å². The number of halogens is 1. The zero-order chi connectivity index (χ0) is 17.8. The molecule has 1 aliphatic rings. The molecule has 25 heavy (non-hydrogen) atoms. The van der Waals surface area contributed by atoms with Gasteiger partial charge in [-0.2, -0.15) is 0 Å². The summed E-state index contributed by atoms with van der Waals surface area (Å²) in [4.78, 5) is 25.1. The number of benzene rings is 2. The number of hydrogen-bond acceptors (Lipinski definition) is 6. The van der Waals surface area contributed by atoms with Gasteiger partial charge >= 0.3 is 5.97 Å². The number of amides is 1. The van der Waals surface area contributed by atoms with E-state index in [9.17, 15) is 9.59 Å². The van der Waals surface area contributed by atoms with E-state index in [0.717, 1.165) is 4.90 Å². The highest BCUT2D eigenvalue weighted by Crippen LogP contribution is 2.39. The molecule has 130 valence electrons. The number of fused-ring (bicyclic) bond motifs is 1. The molecule has 0 aliphatic carbocycles. The van der Waals surface area contributed by atoms with Gasteiger partial charge < -0.3 is 19.5 Å². The fraction of sp³-hybridized carbons (Fsp3) is 0.176. The smallest absolute Gasteiger partial charge is 0.338 e. The van der Waals surface area contributed by atoms with Crippen LogP contribution in [0.2, 0.25) is 5.02 Å². The van der Waals surface area contributed by atoms with Crippen molar-refractivity contribution in [3.05, 3.63) is 47.0 Å². The number of esters is 1. The van der Waals surface area contributed by atoms with Gasteiger partial charge in [0, 0.05) is 10.6 Å². The Hall–Kier alpha value is -2.38. The Morgan fingerprint density at radius 1 is 1.24 bits per heavy atom. The molecule has 0 bridgehead atoms. The van der Waals surface area contributed by atoms with Gasteiger partial charge in [0.15, 0.2) is 18.1 Å². The lowest BCUT2D eigenvalue weighted by Gasteiger charge is -2.08. The first-order valence-corrected chi connectivity index (χ1v) is 8.87. The van der Waals surface area contributed by atoms with Gasteiger partial charge in [-0.1, -0.05) is 11.6 Å². The van der Waals surface area contributed by atoms with Crippen LogP contribution in [0.4, 0.5) is 5.69 Å². The van der Waals surface area contributed by atoms with Gasteiger partial charge in [0.25, 0.3) is 5.91 Å². The third-order valence-corrected chi connectivity index (χ3v) is 4.40. The van der Waals surface area contributed by atoms with Gasteiger partial charge in [-0.15, -0.1) is 11.8 Å². The topological polar surface area (TPSA) is 73.9 Å². The van der Waals surface area contributed by atoms with Gasteiger partial charge in [0.2, 0.25) is 6.79 Å². The number of carbonyl (C=O) groups is 2. The monoisotopic (exact) mass is 379 g/mol. The van der Waals surface area contributed by atoms with E-state index in [1.807, 2.05) is 18.4 Å². The average molecular weight is 380 g/mol. The molecule has 3 rings (SSSR count). The lowest BCUT2D eigenvalue weighted by molar-refractivity contribution is -0.119. The minimum atomic E-state index is -0.673. The standard InChI is InChI=1S/C17H14ClNO5S/c1-25-12-4-2-11(3-5-12)19-15(20)8-22-17(21)10-6-13(18)16-14(7-10)23-9-24-16/h2-7H,8-9H2,1H3,(H,19,20). The minimum absolute atomic E-state index is 0.0469. The molecule has 1 N–H and O–H groups in total. The molecule has 0 aromatic heterocycles. The molecule has 0 atom stereocenters. The molecule has 6 nitrogen and oxygen atoms in total. The van der Waals surface area contributed by atoms with Crippen LogP contribution in [-0.4, -0.2) is 31.5 Å². The first-order valence-electron chi connectivity index (χ1n) is 7.27. The highest BCUT2D eigenvalue weighted by atomic mass is 35.5. The molecule has 2 aromatic carbocycles. The number of rotatable bonds is 5. The molecule has 0 unspecified atom stereocenters. The molecule has 0 radical (unpaired) electrons. The highest BCUT2D eigenvalue weighted by Gasteiger charge is 2.21. The lowest BCUT2D eigenvalue weighted by atomic mass is 10.2. The van der Waals surface area contributed by atoms with Gasteiger partial charge in [-0.3, -0.25) is 4.79 Å². The molecule has 0 spiro atoms. The van der Waals surface area contributed by atoms with E-state index in [-0.39, 0.29) is 17.4 Å². The Kier molecular flexibility index (Phi) is 5.35. The van der Waals surface area contributed by atoms with E-state index in [0.29, 0.717) is 17.2 Å². The summed E-state index contributed by atoms with van der Waals surface area (Å²) in [7, 11) is 0. The maximum atomic E-state index is 12.1. The Balaban J connectivity index is 1.56. The van der Waals surface area contributed by atoms with E-state index in [2.05, 4.69) is 5.32 Å². The van der Waals surface area contributed by atoms with Crippen molar-refractivity contribution < 1.29 is 23.8 Å². The maximum absolute atomic E-state index is 12.1. The second-order valence-corrected chi connectivity index (χ2v) is 6.33. The van der Waals surface area contributed by atoms with E-state index >= 15 is 0 Å². The highest BCUT2D eigenvalue weighted by molar-refractivity contribution is 7.98. The number of hydrogen-bond donors (Lipinski definition) is 1. The van der Waals surface area contributed by atoms with Crippen molar-refractivity contribution in [2.75, 3.05) is 25.0 Å². The number of carbonyl (C=O) groups excluding carboxylic acids is 2. The normalized spacial score (nSPS) is 11.9. The number of anilines is 1. The van der Waals surface area contributed by atoms with Crippen molar-refractivity contribution in [2.24, 2.45) is 0 Å². The molecule has 1 heterocycles. The van der Waals surface area contributed by atoms with Gasteiger partial charge in [-0.05, 0) is 42.7 Å². The van der Waals surface area contributed by atoms with Gasteiger partial charge in [-0.25, -0.2) is 4.79 Å². The summed E-state index contributed by atoms with van der Waals surface area (Å²) in [5, 5.41) is 2.91. The van der Waals surface area contributed by atoms with Crippen LogP contribution in [0.15, 0.2) is 41.3 Å². The molecule has 0 saturated carbocycles. The Morgan fingerprint density at radius 3 is 2.72 bits per heavy atom. The van der Waals surface area contributed by atoms with Crippen molar-refractivity contribution in [1.29, 1.82) is 0 Å². The molecule has 1 aliphatic heterocycles. The zero-order valence-electron chi connectivity index (χ0n) is 13.2. The predicted molar refractivity (Wildman–Crippen MR) is 94.7 cm³/mol. The summed E-state index contributed by atoms with van der Waals surface area (Å²) in [5.41, 5.74) is 0.816. The predicted octanol–water partition coefficient (Wildman–Crippen LogP) is 3.59. The third-order valence-electron chi connectivity index (χ3n) is 3.37. The molecule has 8 heteroatoms. The summed E-state index contributed by atoms with van der Waals surface area (Å²) >= 11 is 7.63. The molecule has 2 aromatic rings. The second kappa shape index (κ2) is 7.67. The van der Waals surface area contributed by atoms with Gasteiger partial charge in [0.1, 0.15) is 0 Å². The minimum Gasteiger partial charge on any atom is -0.454 e. The maximum Gasteiger partial charge on any atom is 0.338 e. The Labute approximate surface area is 153 Å². The van der Waals surface area contributed by atoms with Crippen molar-refractivity contribution >= 4 is 40.9 Å². The largest absolute Gasteiger partial charge is 0.454 e. The van der Waals surface area contributed by atoms with Crippen LogP contribution in [0.5, 0.6) is 11.5 Å². The van der Waals surface area contributed by atoms with Crippen molar-refractivity contribution in [3.8, 4) is 11.5 Å². The first kappa shape index (κ1) is 17.4. The van der Waals surface area contributed by atoms with Crippen LogP contribution >= 0.6 is 23.4 Å². The first-order chi connectivity index (χ1) is 12.1. The third kappa shape index (κ3) is 4.18. The summed E-state index contributed by atoms with van der Waals surface area (Å²) < 4.78 is 15.4. The summed E-state index contributed by atoms with van der Waals surface area (Å²) in [6, 6.07) is 10.2. The molecule has 0 fully saturated rings. The molecular formula is C17H14ClNO5S. The van der Waals surface area contributed by atoms with Crippen LogP contribution in [0.25, 0.3) is 0 Å². The number of nitrogens with one attached hydrogen (secondary N) is 1. The summed E-state index contributed by atoms with van der Waals surface area (Å²) in [6.07, 6.45) is 1.97. The van der Waals surface area contributed by atoms with Crippen LogP contribution in [0, 0.1) is 0 Å². The van der Waals surface area contributed by atoms with E-state index in [1.54, 1.807) is 23.9 Å². The fourth-order valence-electron chi connectivity index (χ4n) is 2.17. The van der Waals surface area contributed by atoms with Gasteiger partial charge in [0.05, 0.1) is 10.6 Å². The Bertz CT molecular complexity index is 809. The number of ether oxygens (including phenoxy) is 3. The SMILES string of the molecule is CSc1ccc(NC(=O)COC(=O)c2cc(Cl)c3c(c2)OCO3)cc1. The molecule has 0 saturated heterocycles. The Morgan fingerprint density at radius 2 is 2.00 bits per heavy atom. The van der Waals surface area contributed by atoms with Crippen molar-refractivity contribution in [3.63, 3.8) is 0 Å². The quantitative estimate of drug-likeness (QED) is 0.632. The van der Waals surface area contributed by atoms with E-state index in [4.69, 9.17) is 25.8 Å². The summed E-state index contributed by atoms with van der Waals surface area (Å²) in [5.74, 6) is -0.340. The van der Waals surface area contributed by atoms with Crippen molar-refractivity contribution in [1.82, 2.24) is 0 Å². The van der Waals surface area contributed by atoms with Crippen LogP contribution in [0.1, 0.15) is 10.4 Å². The number of thioether (sulfide) groups is 1. The molecule has 1 amide bonds. The van der Waals surface area contributed by atoms with Crippen LogP contribution in [-0.2, 0) is 9.53 Å². The van der Waals surface area contributed by atoms with E-state index < -0.39 is 18.5 Å². The second-order valence-electron chi connectivity index (χ2n) is 5.04. The molecular weight excluding hydrogens is 366 g/mol. The lowest BCUT2D eigenvalue weighted by Crippen LogP contribution is -2.20. The summed E-state index contributed by atoms with van der Waals surface area (Å²) in [6.45, 7) is -0.361. The van der Waals surface area contributed by atoms with Crippen molar-refractivity contribution in [2.45, 2.75) is 4.90 Å². The van der Waals surface area contributed by atoms with Crippen LogP contribution < -0.4 is 14.8 Å². The fourth-order valence-corrected chi connectivity index (χ4v) is 2.84.